The maximum atomic E-state index is 12.8. The Morgan fingerprint density at radius 2 is 1.77 bits per heavy atom. The van der Waals surface area contributed by atoms with Crippen LogP contribution >= 0.6 is 15.9 Å². The molecule has 0 bridgehead atoms. The first-order chi connectivity index (χ1) is 10.3. The number of methoxy groups -OCH3 is 1. The van der Waals surface area contributed by atoms with Crippen LogP contribution in [0.4, 0.5) is 5.69 Å². The van der Waals surface area contributed by atoms with Gasteiger partial charge in [-0.25, -0.2) is 8.42 Å². The predicted octanol–water partition coefficient (Wildman–Crippen LogP) is 3.90. The average molecular weight is 384 g/mol. The molecule has 0 saturated heterocycles. The van der Waals surface area contributed by atoms with Gasteiger partial charge in [0.1, 0.15) is 5.75 Å². The summed E-state index contributed by atoms with van der Waals surface area (Å²) in [5.41, 5.74) is 2.59. The van der Waals surface area contributed by atoms with Gasteiger partial charge in [0, 0.05) is 7.05 Å². The minimum atomic E-state index is -3.63. The monoisotopic (exact) mass is 383 g/mol. The number of halogens is 1. The lowest BCUT2D eigenvalue weighted by molar-refractivity contribution is 0.411. The number of anilines is 1. The van der Waals surface area contributed by atoms with E-state index < -0.39 is 10.0 Å². The highest BCUT2D eigenvalue weighted by atomic mass is 79.9. The van der Waals surface area contributed by atoms with Gasteiger partial charge in [-0.1, -0.05) is 12.1 Å². The van der Waals surface area contributed by atoms with Gasteiger partial charge in [0.2, 0.25) is 0 Å². The third kappa shape index (κ3) is 3.13. The van der Waals surface area contributed by atoms with Gasteiger partial charge >= 0.3 is 0 Å². The highest BCUT2D eigenvalue weighted by Gasteiger charge is 2.23. The summed E-state index contributed by atoms with van der Waals surface area (Å²) in [6.07, 6.45) is 0. The largest absolute Gasteiger partial charge is 0.496 e. The Bertz CT molecular complexity index is 803. The van der Waals surface area contributed by atoms with Gasteiger partial charge in [-0.05, 0) is 65.2 Å². The molecule has 0 spiro atoms. The molecule has 118 valence electrons. The fraction of sp³-hybridized carbons (Fsp3) is 0.250. The van der Waals surface area contributed by atoms with Gasteiger partial charge in [-0.15, -0.1) is 0 Å². The molecule has 0 unspecified atom stereocenters. The van der Waals surface area contributed by atoms with Crippen LogP contribution in [0, 0.1) is 13.8 Å². The minimum absolute atomic E-state index is 0.212. The van der Waals surface area contributed by atoms with E-state index in [1.165, 1.54) is 11.4 Å². The van der Waals surface area contributed by atoms with Gasteiger partial charge in [-0.3, -0.25) is 4.31 Å². The van der Waals surface area contributed by atoms with Crippen LogP contribution in [0.1, 0.15) is 11.1 Å². The Morgan fingerprint density at radius 3 is 2.36 bits per heavy atom. The average Bonchev–Trinajstić information content (AvgIpc) is 2.48. The fourth-order valence-corrected chi connectivity index (χ4v) is 4.12. The summed E-state index contributed by atoms with van der Waals surface area (Å²) in [5.74, 6) is 0.591. The molecule has 0 saturated carbocycles. The van der Waals surface area contributed by atoms with Crippen LogP contribution in [0.25, 0.3) is 0 Å². The van der Waals surface area contributed by atoms with Crippen molar-refractivity contribution in [3.63, 3.8) is 0 Å². The number of benzene rings is 2. The maximum absolute atomic E-state index is 12.8. The van der Waals surface area contributed by atoms with Crippen molar-refractivity contribution in [2.75, 3.05) is 18.5 Å². The van der Waals surface area contributed by atoms with Crippen molar-refractivity contribution in [3.8, 4) is 5.75 Å². The Labute approximate surface area is 139 Å². The van der Waals surface area contributed by atoms with Gasteiger partial charge in [-0.2, -0.15) is 0 Å². The van der Waals surface area contributed by atoms with Crippen molar-refractivity contribution in [3.05, 3.63) is 52.0 Å². The van der Waals surface area contributed by atoms with Crippen molar-refractivity contribution in [1.82, 2.24) is 0 Å². The number of sulfonamides is 1. The molecule has 0 heterocycles. The molecule has 0 aliphatic carbocycles. The SMILES string of the molecule is COc1ccc(S(=O)(=O)N(C)c2cc(C)ccc2C)cc1Br. The van der Waals surface area contributed by atoms with E-state index >= 15 is 0 Å². The summed E-state index contributed by atoms with van der Waals surface area (Å²) < 4.78 is 32.7. The zero-order valence-corrected chi connectivity index (χ0v) is 15.3. The molecule has 22 heavy (non-hydrogen) atoms. The molecule has 0 aromatic heterocycles. The van der Waals surface area contributed by atoms with Crippen LogP contribution in [-0.4, -0.2) is 22.6 Å². The summed E-state index contributed by atoms with van der Waals surface area (Å²) in [7, 11) is -0.528. The molecule has 0 fully saturated rings. The molecule has 0 N–H and O–H groups in total. The molecule has 0 aliphatic heterocycles. The van der Waals surface area contributed by atoms with Crippen LogP contribution in [0.2, 0.25) is 0 Å². The van der Waals surface area contributed by atoms with E-state index in [-0.39, 0.29) is 4.90 Å². The summed E-state index contributed by atoms with van der Waals surface area (Å²) in [4.78, 5) is 0.212. The zero-order valence-electron chi connectivity index (χ0n) is 12.9. The van der Waals surface area contributed by atoms with Gasteiger partial charge < -0.3 is 4.74 Å². The molecule has 0 radical (unpaired) electrons. The normalized spacial score (nSPS) is 11.3. The van der Waals surface area contributed by atoms with E-state index in [9.17, 15) is 8.42 Å². The molecular formula is C16H18BrNO3S. The Morgan fingerprint density at radius 1 is 1.09 bits per heavy atom. The Hall–Kier alpha value is -1.53. The molecule has 2 rings (SSSR count). The number of ether oxygens (including phenoxy) is 1. The van der Waals surface area contributed by atoms with E-state index in [0.717, 1.165) is 11.1 Å². The lowest BCUT2D eigenvalue weighted by atomic mass is 10.1. The molecule has 0 aliphatic rings. The zero-order chi connectivity index (χ0) is 16.5. The Balaban J connectivity index is 2.49. The van der Waals surface area contributed by atoms with Crippen LogP contribution in [0.5, 0.6) is 5.75 Å². The minimum Gasteiger partial charge on any atom is -0.496 e. The third-order valence-corrected chi connectivity index (χ3v) is 5.87. The molecule has 0 atom stereocenters. The van der Waals surface area contributed by atoms with E-state index in [1.54, 1.807) is 25.2 Å². The van der Waals surface area contributed by atoms with Crippen LogP contribution in [-0.2, 0) is 10.0 Å². The molecule has 0 amide bonds. The van der Waals surface area contributed by atoms with Crippen molar-refractivity contribution >= 4 is 31.6 Å². The van der Waals surface area contributed by atoms with Gasteiger partial charge in [0.15, 0.2) is 0 Å². The van der Waals surface area contributed by atoms with Crippen LogP contribution in [0.15, 0.2) is 45.8 Å². The lowest BCUT2D eigenvalue weighted by Crippen LogP contribution is -2.27. The van der Waals surface area contributed by atoms with Gasteiger partial charge in [0.25, 0.3) is 10.0 Å². The van der Waals surface area contributed by atoms with Crippen molar-refractivity contribution in [1.29, 1.82) is 0 Å². The van der Waals surface area contributed by atoms with Crippen LogP contribution in [0.3, 0.4) is 0 Å². The van der Waals surface area contributed by atoms with Gasteiger partial charge in [0.05, 0.1) is 22.2 Å². The Kier molecular flexibility index (Phi) is 4.82. The first-order valence-electron chi connectivity index (χ1n) is 6.67. The number of hydrogen-bond donors (Lipinski definition) is 0. The highest BCUT2D eigenvalue weighted by Crippen LogP contribution is 2.31. The van der Waals surface area contributed by atoms with Crippen molar-refractivity contribution in [2.24, 2.45) is 0 Å². The van der Waals surface area contributed by atoms with E-state index in [2.05, 4.69) is 15.9 Å². The van der Waals surface area contributed by atoms with Crippen molar-refractivity contribution in [2.45, 2.75) is 18.7 Å². The quantitative estimate of drug-likeness (QED) is 0.803. The first-order valence-corrected chi connectivity index (χ1v) is 8.90. The molecule has 2 aromatic carbocycles. The summed E-state index contributed by atoms with van der Waals surface area (Å²) in [6.45, 7) is 3.83. The third-order valence-electron chi connectivity index (χ3n) is 3.49. The van der Waals surface area contributed by atoms with Crippen LogP contribution < -0.4 is 9.04 Å². The summed E-state index contributed by atoms with van der Waals surface area (Å²) in [6, 6.07) is 10.5. The molecule has 6 heteroatoms. The molecule has 2 aromatic rings. The number of hydrogen-bond acceptors (Lipinski definition) is 3. The smallest absolute Gasteiger partial charge is 0.264 e. The second-order valence-corrected chi connectivity index (χ2v) is 7.88. The summed E-state index contributed by atoms with van der Waals surface area (Å²) >= 11 is 3.32. The fourth-order valence-electron chi connectivity index (χ4n) is 2.15. The number of nitrogens with zero attached hydrogens (tertiary/aromatic N) is 1. The topological polar surface area (TPSA) is 46.6 Å². The molecule has 4 nitrogen and oxygen atoms in total. The van der Waals surface area contributed by atoms with E-state index in [4.69, 9.17) is 4.74 Å². The van der Waals surface area contributed by atoms with E-state index in [0.29, 0.717) is 15.9 Å². The first kappa shape index (κ1) is 16.8. The number of aryl methyl sites for hydroxylation is 2. The van der Waals surface area contributed by atoms with E-state index in [1.807, 2.05) is 32.0 Å². The second kappa shape index (κ2) is 6.30. The predicted molar refractivity (Wildman–Crippen MR) is 92.2 cm³/mol. The second-order valence-electron chi connectivity index (χ2n) is 5.06. The highest BCUT2D eigenvalue weighted by molar-refractivity contribution is 9.10. The standard InChI is InChI=1S/C16H18BrNO3S/c1-11-5-6-12(2)15(9-11)18(3)22(19,20)13-7-8-16(21-4)14(17)10-13/h5-10H,1-4H3. The molecular weight excluding hydrogens is 366 g/mol. The summed E-state index contributed by atoms with van der Waals surface area (Å²) in [5, 5.41) is 0. The lowest BCUT2D eigenvalue weighted by Gasteiger charge is -2.22. The van der Waals surface area contributed by atoms with Crippen molar-refractivity contribution < 1.29 is 13.2 Å². The maximum Gasteiger partial charge on any atom is 0.264 e. The number of rotatable bonds is 4.